The van der Waals surface area contributed by atoms with Crippen LogP contribution in [-0.4, -0.2) is 18.0 Å². The van der Waals surface area contributed by atoms with Crippen molar-refractivity contribution < 1.29 is 19.1 Å². The number of rotatable bonds is 4. The van der Waals surface area contributed by atoms with Crippen LogP contribution in [0.5, 0.6) is 5.75 Å². The molecule has 0 saturated heterocycles. The Morgan fingerprint density at radius 1 is 1.28 bits per heavy atom. The summed E-state index contributed by atoms with van der Waals surface area (Å²) in [4.78, 5) is 23.3. The van der Waals surface area contributed by atoms with Crippen LogP contribution >= 0.6 is 0 Å². The first-order valence-corrected chi connectivity index (χ1v) is 5.97. The lowest BCUT2D eigenvalue weighted by Crippen LogP contribution is -2.16. The number of carbonyl (C=O) groups excluding carboxylic acids is 2. The van der Waals surface area contributed by atoms with Crippen molar-refractivity contribution in [2.45, 2.75) is 40.2 Å². The summed E-state index contributed by atoms with van der Waals surface area (Å²) in [5, 5.41) is 0. The number of carbonyl (C=O) groups is 2. The molecule has 0 unspecified atom stereocenters. The summed E-state index contributed by atoms with van der Waals surface area (Å²) in [5.74, 6) is -0.589. The SMILES string of the molecule is CCC(=O)Oc1cccc(C)c1C(=O)OC(C)C. The predicted octanol–water partition coefficient (Wildman–Crippen LogP) is 2.88. The molecule has 0 spiro atoms. The van der Waals surface area contributed by atoms with E-state index in [9.17, 15) is 9.59 Å². The van der Waals surface area contributed by atoms with Crippen LogP contribution in [-0.2, 0) is 9.53 Å². The summed E-state index contributed by atoms with van der Waals surface area (Å²) in [5.41, 5.74) is 1.04. The van der Waals surface area contributed by atoms with Gasteiger partial charge in [0.1, 0.15) is 11.3 Å². The highest BCUT2D eigenvalue weighted by Crippen LogP contribution is 2.24. The van der Waals surface area contributed by atoms with Crippen molar-refractivity contribution in [2.24, 2.45) is 0 Å². The monoisotopic (exact) mass is 250 g/mol. The third kappa shape index (κ3) is 3.58. The Kier molecular flexibility index (Phi) is 4.89. The minimum absolute atomic E-state index is 0.216. The molecule has 0 heterocycles. The van der Waals surface area contributed by atoms with Gasteiger partial charge in [0.15, 0.2) is 0 Å². The Hall–Kier alpha value is -1.84. The van der Waals surface area contributed by atoms with Gasteiger partial charge in [-0.2, -0.15) is 0 Å². The summed E-state index contributed by atoms with van der Waals surface area (Å²) >= 11 is 0. The normalized spacial score (nSPS) is 10.3. The third-order valence-electron chi connectivity index (χ3n) is 2.29. The van der Waals surface area contributed by atoms with Crippen LogP contribution in [0.4, 0.5) is 0 Å². The first kappa shape index (κ1) is 14.2. The van der Waals surface area contributed by atoms with E-state index in [1.165, 1.54) is 0 Å². The Bertz CT molecular complexity index is 449. The zero-order valence-electron chi connectivity index (χ0n) is 11.1. The van der Waals surface area contributed by atoms with Gasteiger partial charge in [-0.15, -0.1) is 0 Å². The van der Waals surface area contributed by atoms with Crippen LogP contribution in [0, 0.1) is 6.92 Å². The Labute approximate surface area is 107 Å². The third-order valence-corrected chi connectivity index (χ3v) is 2.29. The van der Waals surface area contributed by atoms with Crippen molar-refractivity contribution in [1.82, 2.24) is 0 Å². The fraction of sp³-hybridized carbons (Fsp3) is 0.429. The van der Waals surface area contributed by atoms with E-state index in [4.69, 9.17) is 9.47 Å². The van der Waals surface area contributed by atoms with Crippen LogP contribution in [0.3, 0.4) is 0 Å². The van der Waals surface area contributed by atoms with Crippen molar-refractivity contribution in [3.63, 3.8) is 0 Å². The lowest BCUT2D eigenvalue weighted by atomic mass is 10.1. The highest BCUT2D eigenvalue weighted by molar-refractivity contribution is 5.95. The van der Waals surface area contributed by atoms with E-state index in [1.54, 1.807) is 45.9 Å². The van der Waals surface area contributed by atoms with Crippen LogP contribution in [0.2, 0.25) is 0 Å². The summed E-state index contributed by atoms with van der Waals surface area (Å²) in [6, 6.07) is 5.11. The van der Waals surface area contributed by atoms with Crippen molar-refractivity contribution in [3.8, 4) is 5.75 Å². The zero-order chi connectivity index (χ0) is 13.7. The zero-order valence-corrected chi connectivity index (χ0v) is 11.1. The molecule has 0 saturated carbocycles. The van der Waals surface area contributed by atoms with Crippen LogP contribution in [0.1, 0.15) is 43.1 Å². The highest BCUT2D eigenvalue weighted by atomic mass is 16.6. The molecule has 4 heteroatoms. The number of esters is 2. The minimum atomic E-state index is -0.470. The molecule has 98 valence electrons. The average molecular weight is 250 g/mol. The van der Waals surface area contributed by atoms with Gasteiger partial charge in [-0.1, -0.05) is 19.1 Å². The Balaban J connectivity index is 3.07. The molecule has 1 aromatic carbocycles. The largest absolute Gasteiger partial charge is 0.459 e. The fourth-order valence-corrected chi connectivity index (χ4v) is 1.46. The molecule has 4 nitrogen and oxygen atoms in total. The van der Waals surface area contributed by atoms with E-state index in [-0.39, 0.29) is 24.2 Å². The van der Waals surface area contributed by atoms with Gasteiger partial charge < -0.3 is 9.47 Å². The van der Waals surface area contributed by atoms with E-state index < -0.39 is 5.97 Å². The molecule has 0 radical (unpaired) electrons. The maximum Gasteiger partial charge on any atom is 0.342 e. The van der Waals surface area contributed by atoms with Gasteiger partial charge in [0.05, 0.1) is 6.10 Å². The van der Waals surface area contributed by atoms with Crippen molar-refractivity contribution in [1.29, 1.82) is 0 Å². The smallest absolute Gasteiger partial charge is 0.342 e. The van der Waals surface area contributed by atoms with E-state index in [2.05, 4.69) is 0 Å². The fourth-order valence-electron chi connectivity index (χ4n) is 1.46. The molecule has 0 atom stereocenters. The topological polar surface area (TPSA) is 52.6 Å². The molecule has 0 aromatic heterocycles. The van der Waals surface area contributed by atoms with Gasteiger partial charge >= 0.3 is 11.9 Å². The second-order valence-corrected chi connectivity index (χ2v) is 4.23. The van der Waals surface area contributed by atoms with Gasteiger partial charge in [-0.05, 0) is 32.4 Å². The van der Waals surface area contributed by atoms with Crippen molar-refractivity contribution in [3.05, 3.63) is 29.3 Å². The molecule has 0 aliphatic rings. The van der Waals surface area contributed by atoms with E-state index in [0.717, 1.165) is 5.56 Å². The van der Waals surface area contributed by atoms with Gasteiger partial charge in [-0.25, -0.2) is 4.79 Å². The summed E-state index contributed by atoms with van der Waals surface area (Å²) < 4.78 is 10.3. The molecule has 0 aliphatic heterocycles. The maximum absolute atomic E-state index is 12.0. The van der Waals surface area contributed by atoms with Crippen molar-refractivity contribution in [2.75, 3.05) is 0 Å². The quantitative estimate of drug-likeness (QED) is 0.609. The van der Waals surface area contributed by atoms with E-state index >= 15 is 0 Å². The highest BCUT2D eigenvalue weighted by Gasteiger charge is 2.19. The molecule has 1 rings (SSSR count). The number of benzene rings is 1. The molecular formula is C14H18O4. The van der Waals surface area contributed by atoms with E-state index in [0.29, 0.717) is 5.56 Å². The van der Waals surface area contributed by atoms with Gasteiger partial charge in [0.2, 0.25) is 0 Å². The Morgan fingerprint density at radius 3 is 2.50 bits per heavy atom. The number of ether oxygens (including phenoxy) is 2. The second kappa shape index (κ2) is 6.19. The van der Waals surface area contributed by atoms with Crippen LogP contribution in [0.15, 0.2) is 18.2 Å². The number of hydrogen-bond acceptors (Lipinski definition) is 4. The van der Waals surface area contributed by atoms with Gasteiger partial charge in [0, 0.05) is 6.42 Å². The summed E-state index contributed by atoms with van der Waals surface area (Å²) in [6.07, 6.45) is 0.0407. The predicted molar refractivity (Wildman–Crippen MR) is 67.7 cm³/mol. The van der Waals surface area contributed by atoms with Gasteiger partial charge in [0.25, 0.3) is 0 Å². The average Bonchev–Trinajstić information content (AvgIpc) is 2.27. The van der Waals surface area contributed by atoms with Crippen LogP contribution < -0.4 is 4.74 Å². The van der Waals surface area contributed by atoms with E-state index in [1.807, 2.05) is 0 Å². The standard InChI is InChI=1S/C14H18O4/c1-5-12(15)18-11-8-6-7-10(4)13(11)14(16)17-9(2)3/h6-9H,5H2,1-4H3. The summed E-state index contributed by atoms with van der Waals surface area (Å²) in [6.45, 7) is 7.02. The first-order chi connectivity index (χ1) is 8.45. The molecule has 0 fully saturated rings. The number of aryl methyl sites for hydroxylation is 1. The first-order valence-electron chi connectivity index (χ1n) is 5.97. The van der Waals surface area contributed by atoms with Crippen LogP contribution in [0.25, 0.3) is 0 Å². The lowest BCUT2D eigenvalue weighted by Gasteiger charge is -2.13. The second-order valence-electron chi connectivity index (χ2n) is 4.23. The van der Waals surface area contributed by atoms with Crippen molar-refractivity contribution >= 4 is 11.9 Å². The molecular weight excluding hydrogens is 232 g/mol. The molecule has 18 heavy (non-hydrogen) atoms. The summed E-state index contributed by atoms with van der Waals surface area (Å²) in [7, 11) is 0. The Morgan fingerprint density at radius 2 is 1.94 bits per heavy atom. The molecule has 0 bridgehead atoms. The number of hydrogen-bond donors (Lipinski definition) is 0. The minimum Gasteiger partial charge on any atom is -0.459 e. The molecule has 0 amide bonds. The maximum atomic E-state index is 12.0. The molecule has 0 N–H and O–H groups in total. The lowest BCUT2D eigenvalue weighted by molar-refractivity contribution is -0.134. The van der Waals surface area contributed by atoms with Gasteiger partial charge in [-0.3, -0.25) is 4.79 Å². The molecule has 1 aromatic rings. The molecule has 0 aliphatic carbocycles.